The van der Waals surface area contributed by atoms with Crippen LogP contribution in [0, 0.1) is 13.8 Å². The Bertz CT molecular complexity index is 927. The van der Waals surface area contributed by atoms with Crippen molar-refractivity contribution in [2.75, 3.05) is 4.72 Å². The molecule has 1 aromatic carbocycles. The van der Waals surface area contributed by atoms with Gasteiger partial charge in [-0.1, -0.05) is 18.2 Å². The van der Waals surface area contributed by atoms with Gasteiger partial charge in [-0.25, -0.2) is 13.4 Å². The Morgan fingerprint density at radius 2 is 1.82 bits per heavy atom. The van der Waals surface area contributed by atoms with Gasteiger partial charge in [0.25, 0.3) is 10.0 Å². The number of aromatic nitrogens is 2. The standard InChI is InChI=1S/C16H15N3O2S/c1-11-9-12(2)18-15(10-11)19-22(20,21)14-7-3-5-13-6-4-8-17-16(13)14/h3-10H,1-2H3,(H,18,19). The summed E-state index contributed by atoms with van der Waals surface area (Å²) in [5.74, 6) is 0.311. The van der Waals surface area contributed by atoms with Gasteiger partial charge in [0.1, 0.15) is 10.7 Å². The Hall–Kier alpha value is -2.47. The van der Waals surface area contributed by atoms with Crippen LogP contribution in [0.4, 0.5) is 5.82 Å². The quantitative estimate of drug-likeness (QED) is 0.806. The van der Waals surface area contributed by atoms with Crippen molar-refractivity contribution >= 4 is 26.7 Å². The smallest absolute Gasteiger partial charge is 0.263 e. The lowest BCUT2D eigenvalue weighted by Crippen LogP contribution is -2.15. The highest BCUT2D eigenvalue weighted by atomic mass is 32.2. The number of rotatable bonds is 3. The molecule has 0 saturated heterocycles. The molecule has 0 spiro atoms. The van der Waals surface area contributed by atoms with Crippen molar-refractivity contribution in [3.63, 3.8) is 0 Å². The van der Waals surface area contributed by atoms with Crippen molar-refractivity contribution in [3.05, 3.63) is 59.9 Å². The fourth-order valence-electron chi connectivity index (χ4n) is 2.38. The van der Waals surface area contributed by atoms with E-state index in [2.05, 4.69) is 14.7 Å². The predicted molar refractivity (Wildman–Crippen MR) is 86.3 cm³/mol. The van der Waals surface area contributed by atoms with Gasteiger partial charge in [0.15, 0.2) is 0 Å². The van der Waals surface area contributed by atoms with E-state index in [4.69, 9.17) is 0 Å². The van der Waals surface area contributed by atoms with Gasteiger partial charge in [-0.15, -0.1) is 0 Å². The van der Waals surface area contributed by atoms with Crippen LogP contribution >= 0.6 is 0 Å². The van der Waals surface area contributed by atoms with Gasteiger partial charge >= 0.3 is 0 Å². The van der Waals surface area contributed by atoms with Crippen molar-refractivity contribution in [2.45, 2.75) is 18.7 Å². The average molecular weight is 313 g/mol. The molecule has 112 valence electrons. The molecule has 0 aliphatic rings. The first kappa shape index (κ1) is 14.5. The van der Waals surface area contributed by atoms with Gasteiger partial charge in [-0.2, -0.15) is 0 Å². The molecule has 0 aliphatic carbocycles. The molecule has 2 aromatic heterocycles. The van der Waals surface area contributed by atoms with Crippen LogP contribution in [-0.2, 0) is 10.0 Å². The first-order chi connectivity index (χ1) is 10.5. The molecule has 0 radical (unpaired) electrons. The van der Waals surface area contributed by atoms with E-state index in [9.17, 15) is 8.42 Å². The number of fused-ring (bicyclic) bond motifs is 1. The lowest BCUT2D eigenvalue weighted by molar-refractivity contribution is 0.601. The minimum atomic E-state index is -3.75. The Morgan fingerprint density at radius 3 is 2.59 bits per heavy atom. The van der Waals surface area contributed by atoms with Crippen molar-refractivity contribution in [1.82, 2.24) is 9.97 Å². The molecule has 0 amide bonds. The summed E-state index contributed by atoms with van der Waals surface area (Å²) in [6.45, 7) is 3.72. The number of hydrogen-bond acceptors (Lipinski definition) is 4. The topological polar surface area (TPSA) is 72.0 Å². The zero-order valence-corrected chi connectivity index (χ0v) is 13.1. The molecule has 5 nitrogen and oxygen atoms in total. The van der Waals surface area contributed by atoms with Crippen molar-refractivity contribution < 1.29 is 8.42 Å². The highest BCUT2D eigenvalue weighted by Crippen LogP contribution is 2.23. The van der Waals surface area contributed by atoms with Gasteiger partial charge in [0.05, 0.1) is 5.52 Å². The van der Waals surface area contributed by atoms with Crippen LogP contribution < -0.4 is 4.72 Å². The van der Waals surface area contributed by atoms with Gasteiger partial charge in [0.2, 0.25) is 0 Å². The van der Waals surface area contributed by atoms with Crippen LogP contribution in [0.3, 0.4) is 0 Å². The van der Waals surface area contributed by atoms with Gasteiger partial charge in [0, 0.05) is 17.3 Å². The second-order valence-electron chi connectivity index (χ2n) is 5.11. The number of benzene rings is 1. The number of pyridine rings is 2. The summed E-state index contributed by atoms with van der Waals surface area (Å²) in [7, 11) is -3.75. The lowest BCUT2D eigenvalue weighted by Gasteiger charge is -2.10. The van der Waals surface area contributed by atoms with E-state index in [1.165, 1.54) is 0 Å². The second kappa shape index (κ2) is 5.38. The van der Waals surface area contributed by atoms with E-state index < -0.39 is 10.0 Å². The molecular formula is C16H15N3O2S. The zero-order chi connectivity index (χ0) is 15.7. The van der Waals surface area contributed by atoms with E-state index >= 15 is 0 Å². The van der Waals surface area contributed by atoms with Crippen molar-refractivity contribution in [1.29, 1.82) is 0 Å². The molecule has 0 aliphatic heterocycles. The average Bonchev–Trinajstić information content (AvgIpc) is 2.45. The predicted octanol–water partition coefficient (Wildman–Crippen LogP) is 3.05. The Labute approximate surface area is 129 Å². The highest BCUT2D eigenvalue weighted by Gasteiger charge is 2.19. The monoisotopic (exact) mass is 313 g/mol. The third-order valence-corrected chi connectivity index (χ3v) is 4.61. The number of nitrogens with zero attached hydrogens (tertiary/aromatic N) is 2. The molecule has 22 heavy (non-hydrogen) atoms. The van der Waals surface area contributed by atoms with Gasteiger partial charge in [-0.3, -0.25) is 9.71 Å². The van der Waals surface area contributed by atoms with E-state index in [0.29, 0.717) is 11.3 Å². The maximum absolute atomic E-state index is 12.6. The van der Waals surface area contributed by atoms with Crippen LogP contribution in [0.2, 0.25) is 0 Å². The molecule has 0 saturated carbocycles. The molecule has 2 heterocycles. The maximum Gasteiger partial charge on any atom is 0.265 e. The summed E-state index contributed by atoms with van der Waals surface area (Å²) in [6.07, 6.45) is 1.58. The number of hydrogen-bond donors (Lipinski definition) is 1. The van der Waals surface area contributed by atoms with Gasteiger partial charge < -0.3 is 0 Å². The van der Waals surface area contributed by atoms with Crippen LogP contribution in [0.15, 0.2) is 53.6 Å². The van der Waals surface area contributed by atoms with Crippen LogP contribution in [0.5, 0.6) is 0 Å². The molecule has 0 bridgehead atoms. The Balaban J connectivity index is 2.09. The van der Waals surface area contributed by atoms with Crippen LogP contribution in [0.1, 0.15) is 11.3 Å². The molecule has 6 heteroatoms. The highest BCUT2D eigenvalue weighted by molar-refractivity contribution is 7.93. The molecule has 0 fully saturated rings. The summed E-state index contributed by atoms with van der Waals surface area (Å²) in [6, 6.07) is 12.3. The van der Waals surface area contributed by atoms with Crippen LogP contribution in [0.25, 0.3) is 10.9 Å². The fraction of sp³-hybridized carbons (Fsp3) is 0.125. The minimum absolute atomic E-state index is 0.145. The molecule has 0 unspecified atom stereocenters. The number of nitrogens with one attached hydrogen (secondary N) is 1. The third kappa shape index (κ3) is 2.78. The van der Waals surface area contributed by atoms with E-state index in [-0.39, 0.29) is 4.90 Å². The van der Waals surface area contributed by atoms with E-state index in [1.54, 1.807) is 30.5 Å². The SMILES string of the molecule is Cc1cc(C)nc(NS(=O)(=O)c2cccc3cccnc23)c1. The van der Waals surface area contributed by atoms with E-state index in [1.807, 2.05) is 32.0 Å². The summed E-state index contributed by atoms with van der Waals surface area (Å²) in [5.41, 5.74) is 2.15. The Morgan fingerprint density at radius 1 is 1.05 bits per heavy atom. The molecule has 1 N–H and O–H groups in total. The normalized spacial score (nSPS) is 11.5. The number of aryl methyl sites for hydroxylation is 2. The summed E-state index contributed by atoms with van der Waals surface area (Å²) in [4.78, 5) is 8.54. The van der Waals surface area contributed by atoms with Crippen molar-refractivity contribution in [2.24, 2.45) is 0 Å². The molecule has 3 rings (SSSR count). The molecule has 3 aromatic rings. The van der Waals surface area contributed by atoms with Gasteiger partial charge in [-0.05, 0) is 43.7 Å². The van der Waals surface area contributed by atoms with E-state index in [0.717, 1.165) is 16.6 Å². The summed E-state index contributed by atoms with van der Waals surface area (Å²) in [5, 5.41) is 0.777. The molecular weight excluding hydrogens is 298 g/mol. The summed E-state index contributed by atoms with van der Waals surface area (Å²) >= 11 is 0. The fourth-order valence-corrected chi connectivity index (χ4v) is 3.55. The largest absolute Gasteiger partial charge is 0.265 e. The second-order valence-corrected chi connectivity index (χ2v) is 6.76. The number of sulfonamides is 1. The summed E-state index contributed by atoms with van der Waals surface area (Å²) < 4.78 is 27.8. The first-order valence-electron chi connectivity index (χ1n) is 6.77. The first-order valence-corrected chi connectivity index (χ1v) is 8.26. The lowest BCUT2D eigenvalue weighted by atomic mass is 10.2. The third-order valence-electron chi connectivity index (χ3n) is 3.22. The Kier molecular flexibility index (Phi) is 3.54. The molecule has 0 atom stereocenters. The maximum atomic E-state index is 12.6. The zero-order valence-electron chi connectivity index (χ0n) is 12.2. The van der Waals surface area contributed by atoms with Crippen LogP contribution in [-0.4, -0.2) is 18.4 Å². The van der Waals surface area contributed by atoms with Crippen molar-refractivity contribution in [3.8, 4) is 0 Å². The minimum Gasteiger partial charge on any atom is -0.263 e. The number of para-hydroxylation sites is 1. The number of anilines is 1.